The molecule has 1 aromatic carbocycles. The van der Waals surface area contributed by atoms with E-state index in [0.29, 0.717) is 18.5 Å². The lowest BCUT2D eigenvalue weighted by Crippen LogP contribution is -2.41. The summed E-state index contributed by atoms with van der Waals surface area (Å²) >= 11 is 0. The highest BCUT2D eigenvalue weighted by Crippen LogP contribution is 2.21. The van der Waals surface area contributed by atoms with Gasteiger partial charge in [0.15, 0.2) is 9.84 Å². The van der Waals surface area contributed by atoms with Crippen LogP contribution in [0.15, 0.2) is 29.2 Å². The maximum Gasteiger partial charge on any atom is 0.254 e. The predicted octanol–water partition coefficient (Wildman–Crippen LogP) is 0.976. The van der Waals surface area contributed by atoms with Crippen molar-refractivity contribution in [2.45, 2.75) is 30.7 Å². The lowest BCUT2D eigenvalue weighted by atomic mass is 10.1. The summed E-state index contributed by atoms with van der Waals surface area (Å²) in [6.45, 7) is 2.40. The molecule has 0 aliphatic carbocycles. The minimum atomic E-state index is -3.55. The Morgan fingerprint density at radius 1 is 1.20 bits per heavy atom. The molecule has 0 unspecified atom stereocenters. The van der Waals surface area contributed by atoms with Crippen LogP contribution < -0.4 is 0 Å². The maximum absolute atomic E-state index is 12.8. The van der Waals surface area contributed by atoms with Crippen molar-refractivity contribution in [2.24, 2.45) is 0 Å². The van der Waals surface area contributed by atoms with Crippen LogP contribution >= 0.6 is 0 Å². The van der Waals surface area contributed by atoms with E-state index in [0.717, 1.165) is 10.7 Å². The summed E-state index contributed by atoms with van der Waals surface area (Å²) in [4.78, 5) is 14.5. The molecule has 0 bridgehead atoms. The third-order valence-electron chi connectivity index (χ3n) is 4.25. The number of nitrogens with zero attached hydrogens (tertiary/aromatic N) is 2. The molecule has 0 N–H and O–H groups in total. The van der Waals surface area contributed by atoms with Gasteiger partial charge in [-0.3, -0.25) is 4.79 Å². The lowest BCUT2D eigenvalue weighted by Gasteiger charge is -2.28. The van der Waals surface area contributed by atoms with E-state index in [9.17, 15) is 21.6 Å². The van der Waals surface area contributed by atoms with Crippen molar-refractivity contribution in [3.63, 3.8) is 0 Å². The largest absolute Gasteiger partial charge is 0.335 e. The minimum absolute atomic E-state index is 0.00810. The SMILES string of the molecule is CCCN(C(=O)c1ccc(S(=O)(=O)N(C)C)cc1)[C@@H]1CCS(=O)(=O)C1. The van der Waals surface area contributed by atoms with Crippen LogP contribution in [0.2, 0.25) is 0 Å². The summed E-state index contributed by atoms with van der Waals surface area (Å²) in [5.74, 6) is -0.172. The molecule has 1 amide bonds. The van der Waals surface area contributed by atoms with Gasteiger partial charge in [-0.1, -0.05) is 6.92 Å². The molecule has 140 valence electrons. The van der Waals surface area contributed by atoms with Gasteiger partial charge in [0.25, 0.3) is 5.91 Å². The zero-order chi connectivity index (χ0) is 18.8. The van der Waals surface area contributed by atoms with Crippen LogP contribution in [0.4, 0.5) is 0 Å². The second kappa shape index (κ2) is 7.43. The van der Waals surface area contributed by atoms with E-state index in [1.54, 1.807) is 4.90 Å². The Morgan fingerprint density at radius 2 is 1.80 bits per heavy atom. The number of carbonyl (C=O) groups is 1. The number of carbonyl (C=O) groups excluding carboxylic acids is 1. The molecular weight excluding hydrogens is 364 g/mol. The van der Waals surface area contributed by atoms with E-state index in [1.807, 2.05) is 6.92 Å². The van der Waals surface area contributed by atoms with Gasteiger partial charge in [-0.25, -0.2) is 21.1 Å². The summed E-state index contributed by atoms with van der Waals surface area (Å²) in [7, 11) is -3.76. The standard InChI is InChI=1S/C16H24N2O5S2/c1-4-10-18(14-9-11-24(20,21)12-14)16(19)13-5-7-15(8-6-13)25(22,23)17(2)3/h5-8,14H,4,9-12H2,1-3H3/t14-/m1/s1. The van der Waals surface area contributed by atoms with Crippen LogP contribution in [0, 0.1) is 0 Å². The second-order valence-electron chi connectivity index (χ2n) is 6.37. The summed E-state index contributed by atoms with van der Waals surface area (Å²) in [5.41, 5.74) is 0.357. The number of amides is 1. The lowest BCUT2D eigenvalue weighted by molar-refractivity contribution is 0.0697. The molecule has 25 heavy (non-hydrogen) atoms. The van der Waals surface area contributed by atoms with Crippen molar-refractivity contribution in [2.75, 3.05) is 32.1 Å². The number of hydrogen-bond donors (Lipinski definition) is 0. The normalized spacial score (nSPS) is 19.9. The van der Waals surface area contributed by atoms with Crippen LogP contribution in [0.1, 0.15) is 30.1 Å². The number of benzene rings is 1. The molecule has 2 rings (SSSR count). The summed E-state index contributed by atoms with van der Waals surface area (Å²) in [5, 5.41) is 0. The Kier molecular flexibility index (Phi) is 5.90. The number of hydrogen-bond acceptors (Lipinski definition) is 5. The number of rotatable bonds is 6. The van der Waals surface area contributed by atoms with E-state index in [4.69, 9.17) is 0 Å². The van der Waals surface area contributed by atoms with Crippen molar-refractivity contribution in [1.29, 1.82) is 0 Å². The van der Waals surface area contributed by atoms with E-state index in [2.05, 4.69) is 0 Å². The van der Waals surface area contributed by atoms with Crippen molar-refractivity contribution in [1.82, 2.24) is 9.21 Å². The molecule has 1 aliphatic heterocycles. The highest BCUT2D eigenvalue weighted by atomic mass is 32.2. The molecule has 1 aromatic rings. The van der Waals surface area contributed by atoms with Crippen LogP contribution in [-0.4, -0.2) is 70.1 Å². The van der Waals surface area contributed by atoms with Crippen LogP contribution in [0.5, 0.6) is 0 Å². The average molecular weight is 389 g/mol. The third kappa shape index (κ3) is 4.39. The Hall–Kier alpha value is -1.45. The molecule has 1 fully saturated rings. The molecule has 1 aliphatic rings. The summed E-state index contributed by atoms with van der Waals surface area (Å²) in [6, 6.07) is 5.44. The predicted molar refractivity (Wildman–Crippen MR) is 95.7 cm³/mol. The van der Waals surface area contributed by atoms with Gasteiger partial charge in [0.2, 0.25) is 10.0 Å². The van der Waals surface area contributed by atoms with E-state index >= 15 is 0 Å². The minimum Gasteiger partial charge on any atom is -0.335 e. The number of sulfonamides is 1. The van der Waals surface area contributed by atoms with Crippen molar-refractivity contribution < 1.29 is 21.6 Å². The van der Waals surface area contributed by atoms with Crippen molar-refractivity contribution in [3.8, 4) is 0 Å². The molecule has 7 nitrogen and oxygen atoms in total. The summed E-state index contributed by atoms with van der Waals surface area (Å²) < 4.78 is 48.7. The van der Waals surface area contributed by atoms with Crippen molar-refractivity contribution >= 4 is 25.8 Å². The van der Waals surface area contributed by atoms with Crippen LogP contribution in [0.3, 0.4) is 0 Å². The molecule has 0 saturated carbocycles. The smallest absolute Gasteiger partial charge is 0.254 e. The molecule has 1 atom stereocenters. The Balaban J connectivity index is 2.25. The zero-order valence-electron chi connectivity index (χ0n) is 14.7. The average Bonchev–Trinajstić information content (AvgIpc) is 2.91. The monoisotopic (exact) mass is 388 g/mol. The summed E-state index contributed by atoms with van der Waals surface area (Å²) in [6.07, 6.45) is 1.16. The molecule has 0 aromatic heterocycles. The zero-order valence-corrected chi connectivity index (χ0v) is 16.3. The molecule has 9 heteroatoms. The first kappa shape index (κ1) is 19.9. The Bertz CT molecular complexity index is 830. The van der Waals surface area contributed by atoms with Crippen LogP contribution in [0.25, 0.3) is 0 Å². The van der Waals surface area contributed by atoms with Crippen molar-refractivity contribution in [3.05, 3.63) is 29.8 Å². The van der Waals surface area contributed by atoms with Gasteiger partial charge in [0.1, 0.15) is 0 Å². The van der Waals surface area contributed by atoms with Gasteiger partial charge < -0.3 is 4.90 Å². The molecule has 0 radical (unpaired) electrons. The third-order valence-corrected chi connectivity index (χ3v) is 7.83. The highest BCUT2D eigenvalue weighted by Gasteiger charge is 2.34. The topological polar surface area (TPSA) is 91.8 Å². The Morgan fingerprint density at radius 3 is 2.24 bits per heavy atom. The van der Waals surface area contributed by atoms with Crippen LogP contribution in [-0.2, 0) is 19.9 Å². The first-order chi connectivity index (χ1) is 11.6. The molecule has 1 heterocycles. The molecular formula is C16H24N2O5S2. The van der Waals surface area contributed by atoms with Gasteiger partial charge in [0.05, 0.1) is 16.4 Å². The maximum atomic E-state index is 12.8. The quantitative estimate of drug-likeness (QED) is 0.724. The first-order valence-electron chi connectivity index (χ1n) is 8.12. The van der Waals surface area contributed by atoms with Gasteiger partial charge in [-0.15, -0.1) is 0 Å². The fourth-order valence-corrected chi connectivity index (χ4v) is 5.49. The van der Waals surface area contributed by atoms with Gasteiger partial charge in [-0.05, 0) is 37.1 Å². The highest BCUT2D eigenvalue weighted by molar-refractivity contribution is 7.91. The Labute approximate surface area is 149 Å². The fraction of sp³-hybridized carbons (Fsp3) is 0.562. The van der Waals surface area contributed by atoms with Gasteiger partial charge in [-0.2, -0.15) is 0 Å². The number of sulfone groups is 1. The molecule has 0 spiro atoms. The van der Waals surface area contributed by atoms with Gasteiger partial charge in [0, 0.05) is 32.2 Å². The second-order valence-corrected chi connectivity index (χ2v) is 10.7. The first-order valence-corrected chi connectivity index (χ1v) is 11.4. The van der Waals surface area contributed by atoms with E-state index < -0.39 is 19.9 Å². The van der Waals surface area contributed by atoms with Gasteiger partial charge >= 0.3 is 0 Å². The molecule has 1 saturated heterocycles. The van der Waals surface area contributed by atoms with E-state index in [-0.39, 0.29) is 28.4 Å². The fourth-order valence-electron chi connectivity index (χ4n) is 2.86. The van der Waals surface area contributed by atoms with E-state index in [1.165, 1.54) is 38.4 Å².